The third kappa shape index (κ3) is 2.15. The van der Waals surface area contributed by atoms with E-state index in [4.69, 9.17) is 16.3 Å². The molecular formula is C14H23N3O2. The Hall–Kier alpha value is -1.07. The van der Waals surface area contributed by atoms with Gasteiger partial charge >= 0.3 is 5.97 Å². The zero-order chi connectivity index (χ0) is 13.6. The number of hydrazine groups is 1. The summed E-state index contributed by atoms with van der Waals surface area (Å²) in [5, 5.41) is 0. The van der Waals surface area contributed by atoms with Gasteiger partial charge in [-0.1, -0.05) is 6.58 Å². The van der Waals surface area contributed by atoms with Gasteiger partial charge in [-0.05, 0) is 49.9 Å². The van der Waals surface area contributed by atoms with Crippen molar-refractivity contribution in [3.05, 3.63) is 12.3 Å². The van der Waals surface area contributed by atoms with E-state index in [0.29, 0.717) is 24.5 Å². The molecule has 2 atom stereocenters. The van der Waals surface area contributed by atoms with Crippen LogP contribution >= 0.6 is 0 Å². The molecule has 4 fully saturated rings. The number of carbonyl (C=O) groups excluding carboxylic acids is 1. The van der Waals surface area contributed by atoms with Crippen molar-refractivity contribution < 1.29 is 9.53 Å². The minimum atomic E-state index is -0.468. The molecule has 0 radical (unpaired) electrons. The molecule has 0 aromatic carbocycles. The van der Waals surface area contributed by atoms with Crippen LogP contribution in [0.3, 0.4) is 0 Å². The summed E-state index contributed by atoms with van der Waals surface area (Å²) in [5.74, 6) is 7.28. The number of hydrogen-bond acceptors (Lipinski definition) is 5. The molecule has 5 N–H and O–H groups in total. The summed E-state index contributed by atoms with van der Waals surface area (Å²) in [7, 11) is 0. The Kier molecular flexibility index (Phi) is 3.06. The van der Waals surface area contributed by atoms with Crippen molar-refractivity contribution in [3.63, 3.8) is 0 Å². The lowest BCUT2D eigenvalue weighted by molar-refractivity contribution is -0.153. The zero-order valence-electron chi connectivity index (χ0n) is 11.2. The molecule has 4 aliphatic rings. The maximum atomic E-state index is 11.5. The molecule has 0 spiro atoms. The minimum Gasteiger partial charge on any atom is -0.460 e. The lowest BCUT2D eigenvalue weighted by Crippen LogP contribution is -2.60. The molecule has 4 rings (SSSR count). The predicted octanol–water partition coefficient (Wildman–Crippen LogP) is 0.660. The summed E-state index contributed by atoms with van der Waals surface area (Å²) >= 11 is 0. The van der Waals surface area contributed by atoms with Gasteiger partial charge in [-0.25, -0.2) is 4.79 Å². The lowest BCUT2D eigenvalue weighted by Gasteiger charge is -2.59. The molecule has 4 bridgehead atoms. The van der Waals surface area contributed by atoms with Gasteiger partial charge in [-0.15, -0.1) is 0 Å². The molecule has 4 aliphatic carbocycles. The van der Waals surface area contributed by atoms with Crippen LogP contribution < -0.4 is 17.0 Å². The second-order valence-corrected chi connectivity index (χ2v) is 6.76. The van der Waals surface area contributed by atoms with E-state index in [9.17, 15) is 4.79 Å². The summed E-state index contributed by atoms with van der Waals surface area (Å²) in [6.45, 7) is 3.91. The third-order valence-corrected chi connectivity index (χ3v) is 5.36. The fourth-order valence-electron chi connectivity index (χ4n) is 4.95. The highest BCUT2D eigenvalue weighted by atomic mass is 16.5. The molecule has 0 saturated heterocycles. The monoisotopic (exact) mass is 265 g/mol. The van der Waals surface area contributed by atoms with Gasteiger partial charge < -0.3 is 10.5 Å². The number of nitrogens with one attached hydrogen (secondary N) is 1. The highest BCUT2D eigenvalue weighted by Gasteiger charge is 2.55. The molecule has 0 aromatic heterocycles. The normalized spacial score (nSPS) is 43.2. The Balaban J connectivity index is 1.69. The Morgan fingerprint density at radius 1 is 1.32 bits per heavy atom. The first kappa shape index (κ1) is 12.9. The standard InChI is InChI=1S/C14H23N3O2/c1-8(15)13(18)19-7-14-4-9-2-10(5-14)12(17-16)11(3-9)6-14/h9-12,17H,1-7,15-16H2. The van der Waals surface area contributed by atoms with Gasteiger partial charge in [0.2, 0.25) is 0 Å². The Bertz CT molecular complexity index is 393. The predicted molar refractivity (Wildman–Crippen MR) is 71.4 cm³/mol. The van der Waals surface area contributed by atoms with Crippen LogP contribution in [0.15, 0.2) is 12.3 Å². The number of nitrogens with two attached hydrogens (primary N) is 2. The smallest absolute Gasteiger partial charge is 0.353 e. The molecule has 4 saturated carbocycles. The fourth-order valence-corrected chi connectivity index (χ4v) is 4.95. The van der Waals surface area contributed by atoms with E-state index in [2.05, 4.69) is 12.0 Å². The lowest BCUT2D eigenvalue weighted by atomic mass is 9.48. The van der Waals surface area contributed by atoms with Crippen LogP contribution in [0, 0.1) is 23.2 Å². The molecule has 106 valence electrons. The van der Waals surface area contributed by atoms with Crippen molar-refractivity contribution >= 4 is 5.97 Å². The van der Waals surface area contributed by atoms with E-state index in [1.165, 1.54) is 19.3 Å². The summed E-state index contributed by atoms with van der Waals surface area (Å²) in [6, 6.07) is 0.449. The van der Waals surface area contributed by atoms with Crippen LogP contribution in [0.25, 0.3) is 0 Å². The number of rotatable bonds is 4. The van der Waals surface area contributed by atoms with Crippen LogP contribution in [0.4, 0.5) is 0 Å². The molecule has 5 nitrogen and oxygen atoms in total. The Morgan fingerprint density at radius 2 is 1.95 bits per heavy atom. The number of esters is 1. The van der Waals surface area contributed by atoms with Gasteiger partial charge in [-0.2, -0.15) is 0 Å². The zero-order valence-corrected chi connectivity index (χ0v) is 11.2. The SMILES string of the molecule is C=C(N)C(=O)OCC12CC3CC(C1)C(NN)C(C3)C2. The van der Waals surface area contributed by atoms with Crippen molar-refractivity contribution in [2.24, 2.45) is 34.7 Å². The molecule has 0 heterocycles. The summed E-state index contributed by atoms with van der Waals surface area (Å²) in [4.78, 5) is 11.5. The van der Waals surface area contributed by atoms with Crippen molar-refractivity contribution in [3.8, 4) is 0 Å². The summed E-state index contributed by atoms with van der Waals surface area (Å²) in [5.41, 5.74) is 8.52. The fraction of sp³-hybridized carbons (Fsp3) is 0.786. The van der Waals surface area contributed by atoms with Crippen LogP contribution in [0.5, 0.6) is 0 Å². The topological polar surface area (TPSA) is 90.4 Å². The molecule has 2 unspecified atom stereocenters. The van der Waals surface area contributed by atoms with Crippen LogP contribution in [-0.4, -0.2) is 18.6 Å². The molecule has 0 amide bonds. The third-order valence-electron chi connectivity index (χ3n) is 5.36. The maximum absolute atomic E-state index is 11.5. The van der Waals surface area contributed by atoms with Crippen LogP contribution in [0.2, 0.25) is 0 Å². The van der Waals surface area contributed by atoms with Crippen molar-refractivity contribution in [1.82, 2.24) is 5.43 Å². The summed E-state index contributed by atoms with van der Waals surface area (Å²) in [6.07, 6.45) is 5.94. The quantitative estimate of drug-likeness (QED) is 0.301. The second kappa shape index (κ2) is 4.49. The van der Waals surface area contributed by atoms with Gasteiger partial charge in [0.25, 0.3) is 0 Å². The molecular weight excluding hydrogens is 242 g/mol. The van der Waals surface area contributed by atoms with E-state index >= 15 is 0 Å². The van der Waals surface area contributed by atoms with Crippen molar-refractivity contribution in [2.45, 2.75) is 38.1 Å². The summed E-state index contributed by atoms with van der Waals surface area (Å²) < 4.78 is 5.34. The molecule has 5 heteroatoms. The Morgan fingerprint density at radius 3 is 2.47 bits per heavy atom. The largest absolute Gasteiger partial charge is 0.460 e. The van der Waals surface area contributed by atoms with Crippen LogP contribution in [0.1, 0.15) is 32.1 Å². The van der Waals surface area contributed by atoms with E-state index in [-0.39, 0.29) is 11.1 Å². The Labute approximate surface area is 113 Å². The van der Waals surface area contributed by atoms with E-state index in [0.717, 1.165) is 18.8 Å². The van der Waals surface area contributed by atoms with Gasteiger partial charge in [0, 0.05) is 11.5 Å². The minimum absolute atomic E-state index is 0.00812. The first-order chi connectivity index (χ1) is 9.03. The molecule has 19 heavy (non-hydrogen) atoms. The number of hydrogen-bond donors (Lipinski definition) is 3. The van der Waals surface area contributed by atoms with Gasteiger partial charge in [0.05, 0.1) is 6.61 Å². The van der Waals surface area contributed by atoms with E-state index in [1.807, 2.05) is 0 Å². The van der Waals surface area contributed by atoms with Crippen molar-refractivity contribution in [2.75, 3.05) is 6.61 Å². The average Bonchev–Trinajstić information content (AvgIpc) is 2.35. The maximum Gasteiger partial charge on any atom is 0.353 e. The van der Waals surface area contributed by atoms with Gasteiger partial charge in [-0.3, -0.25) is 11.3 Å². The number of ether oxygens (including phenoxy) is 1. The highest BCUT2D eigenvalue weighted by molar-refractivity contribution is 5.86. The first-order valence-corrected chi connectivity index (χ1v) is 7.11. The average molecular weight is 265 g/mol. The second-order valence-electron chi connectivity index (χ2n) is 6.76. The van der Waals surface area contributed by atoms with Gasteiger partial charge in [0.1, 0.15) is 5.70 Å². The van der Waals surface area contributed by atoms with Crippen LogP contribution in [-0.2, 0) is 9.53 Å². The first-order valence-electron chi connectivity index (χ1n) is 7.11. The van der Waals surface area contributed by atoms with Gasteiger partial charge in [0.15, 0.2) is 0 Å². The van der Waals surface area contributed by atoms with E-state index in [1.54, 1.807) is 0 Å². The molecule has 0 aliphatic heterocycles. The molecule has 0 aromatic rings. The van der Waals surface area contributed by atoms with E-state index < -0.39 is 5.97 Å². The van der Waals surface area contributed by atoms with Crippen molar-refractivity contribution in [1.29, 1.82) is 0 Å². The number of carbonyl (C=O) groups is 1. The highest BCUT2D eigenvalue weighted by Crippen LogP contribution is 2.59.